The number of benzene rings is 2. The molecule has 43 heavy (non-hydrogen) atoms. The number of amides is 1. The van der Waals surface area contributed by atoms with E-state index in [0.717, 1.165) is 77.2 Å². The molecule has 0 radical (unpaired) electrons. The van der Waals surface area contributed by atoms with Gasteiger partial charge in [0.15, 0.2) is 11.3 Å². The molecule has 0 bridgehead atoms. The number of carbonyl (C=O) groups excluding carboxylic acids is 1. The van der Waals surface area contributed by atoms with Crippen LogP contribution < -0.4 is 5.32 Å². The van der Waals surface area contributed by atoms with E-state index in [4.69, 9.17) is 9.72 Å². The molecule has 0 aliphatic carbocycles. The van der Waals surface area contributed by atoms with Gasteiger partial charge in [-0.05, 0) is 49.1 Å². The van der Waals surface area contributed by atoms with Crippen LogP contribution in [0.5, 0.6) is 0 Å². The molecular formula is C34H31N7O2. The summed E-state index contributed by atoms with van der Waals surface area (Å²) in [5.41, 5.74) is 8.51. The van der Waals surface area contributed by atoms with E-state index in [0.29, 0.717) is 5.69 Å². The van der Waals surface area contributed by atoms with Gasteiger partial charge in [-0.25, -0.2) is 14.8 Å². The normalized spacial score (nSPS) is 14.3. The van der Waals surface area contributed by atoms with Gasteiger partial charge in [0, 0.05) is 66.5 Å². The fourth-order valence-electron chi connectivity index (χ4n) is 5.66. The second kappa shape index (κ2) is 11.6. The Morgan fingerprint density at radius 3 is 2.49 bits per heavy atom. The highest BCUT2D eigenvalue weighted by atomic mass is 16.6. The number of carbonyl (C=O) groups is 1. The molecule has 214 valence electrons. The Labute approximate surface area is 249 Å². The van der Waals surface area contributed by atoms with Crippen LogP contribution in [0.15, 0.2) is 97.5 Å². The fraction of sp³-hybridized carbons (Fsp3) is 0.206. The van der Waals surface area contributed by atoms with E-state index in [1.165, 1.54) is 5.56 Å². The predicted octanol–water partition coefficient (Wildman–Crippen LogP) is 6.53. The van der Waals surface area contributed by atoms with Crippen LogP contribution in [0.3, 0.4) is 0 Å². The minimum absolute atomic E-state index is 0.0870. The summed E-state index contributed by atoms with van der Waals surface area (Å²) in [6.07, 6.45) is 6.25. The second-order valence-corrected chi connectivity index (χ2v) is 10.9. The Bertz CT molecular complexity index is 1880. The monoisotopic (exact) mass is 569 g/mol. The molecule has 1 saturated heterocycles. The summed E-state index contributed by atoms with van der Waals surface area (Å²) in [7, 11) is 0. The van der Waals surface area contributed by atoms with Crippen molar-refractivity contribution in [3.05, 3.63) is 109 Å². The number of nitrogens with zero attached hydrogens (tertiary/aromatic N) is 6. The van der Waals surface area contributed by atoms with Gasteiger partial charge in [0.2, 0.25) is 0 Å². The first kappa shape index (κ1) is 26.7. The van der Waals surface area contributed by atoms with Crippen LogP contribution in [-0.2, 0) is 11.3 Å². The number of pyridine rings is 2. The van der Waals surface area contributed by atoms with Crippen molar-refractivity contribution in [1.29, 1.82) is 0 Å². The molecule has 0 spiro atoms. The van der Waals surface area contributed by atoms with E-state index >= 15 is 0 Å². The number of aromatic nitrogens is 5. The minimum Gasteiger partial charge on any atom is -0.446 e. The number of fused-ring (bicyclic) bond motifs is 3. The molecule has 1 amide bonds. The summed E-state index contributed by atoms with van der Waals surface area (Å²) >= 11 is 0. The summed E-state index contributed by atoms with van der Waals surface area (Å²) in [5.74, 6) is 0. The van der Waals surface area contributed by atoms with Gasteiger partial charge in [0.25, 0.3) is 0 Å². The smallest absolute Gasteiger partial charge is 0.411 e. The first-order valence-corrected chi connectivity index (χ1v) is 14.5. The number of anilines is 1. The lowest BCUT2D eigenvalue weighted by Crippen LogP contribution is -2.38. The van der Waals surface area contributed by atoms with E-state index in [9.17, 15) is 4.79 Å². The molecule has 2 aromatic carbocycles. The quantitative estimate of drug-likeness (QED) is 0.244. The van der Waals surface area contributed by atoms with Crippen molar-refractivity contribution in [2.24, 2.45) is 0 Å². The van der Waals surface area contributed by atoms with E-state index in [1.807, 2.05) is 41.9 Å². The molecule has 0 atom stereocenters. The average molecular weight is 570 g/mol. The van der Waals surface area contributed by atoms with Crippen molar-refractivity contribution >= 4 is 28.5 Å². The van der Waals surface area contributed by atoms with Gasteiger partial charge in [0.05, 0.1) is 11.4 Å². The summed E-state index contributed by atoms with van der Waals surface area (Å²) in [6.45, 7) is 4.54. The summed E-state index contributed by atoms with van der Waals surface area (Å²) in [4.78, 5) is 28.4. The number of hydrogen-bond donors (Lipinski definition) is 1. The SMILES string of the molecule is Cc1cc2ncc3cc(-c4ccccc4)c(-c4ccc(CN5CCC(OC(=O)Nc6ccncc6)CC5)cc4)nc3n2n1. The third kappa shape index (κ3) is 5.80. The number of aryl methyl sites for hydroxylation is 1. The van der Waals surface area contributed by atoms with E-state index in [2.05, 4.69) is 67.7 Å². The molecule has 1 aliphatic rings. The summed E-state index contributed by atoms with van der Waals surface area (Å²) in [5, 5.41) is 8.36. The zero-order chi connectivity index (χ0) is 29.2. The van der Waals surface area contributed by atoms with Gasteiger partial charge in [-0.1, -0.05) is 54.6 Å². The van der Waals surface area contributed by atoms with Gasteiger partial charge >= 0.3 is 6.09 Å². The maximum Gasteiger partial charge on any atom is 0.411 e. The zero-order valence-corrected chi connectivity index (χ0v) is 23.9. The Morgan fingerprint density at radius 1 is 0.953 bits per heavy atom. The van der Waals surface area contributed by atoms with Crippen molar-refractivity contribution in [1.82, 2.24) is 29.5 Å². The minimum atomic E-state index is -0.419. The Kier molecular flexibility index (Phi) is 7.22. The van der Waals surface area contributed by atoms with Crippen molar-refractivity contribution < 1.29 is 9.53 Å². The van der Waals surface area contributed by atoms with E-state index < -0.39 is 6.09 Å². The first-order chi connectivity index (χ1) is 21.1. The number of ether oxygens (including phenoxy) is 1. The van der Waals surface area contributed by atoms with Gasteiger partial charge in [0.1, 0.15) is 6.10 Å². The lowest BCUT2D eigenvalue weighted by Gasteiger charge is -2.31. The maximum absolute atomic E-state index is 12.3. The van der Waals surface area contributed by atoms with Gasteiger partial charge < -0.3 is 4.74 Å². The van der Waals surface area contributed by atoms with Crippen LogP contribution >= 0.6 is 0 Å². The first-order valence-electron chi connectivity index (χ1n) is 14.5. The molecule has 0 saturated carbocycles. The van der Waals surface area contributed by atoms with Crippen LogP contribution in [0.2, 0.25) is 0 Å². The number of rotatable bonds is 6. The molecule has 9 nitrogen and oxygen atoms in total. The average Bonchev–Trinajstić information content (AvgIpc) is 3.43. The Hall–Kier alpha value is -5.15. The van der Waals surface area contributed by atoms with Crippen LogP contribution in [0, 0.1) is 6.92 Å². The van der Waals surface area contributed by atoms with Crippen LogP contribution in [0.1, 0.15) is 24.1 Å². The van der Waals surface area contributed by atoms with Crippen LogP contribution in [0.4, 0.5) is 10.5 Å². The second-order valence-electron chi connectivity index (χ2n) is 10.9. The highest BCUT2D eigenvalue weighted by molar-refractivity contribution is 5.90. The molecule has 1 aliphatic heterocycles. The van der Waals surface area contributed by atoms with Gasteiger partial charge in [-0.2, -0.15) is 9.61 Å². The molecule has 9 heteroatoms. The zero-order valence-electron chi connectivity index (χ0n) is 23.9. The Balaban J connectivity index is 1.07. The highest BCUT2D eigenvalue weighted by Gasteiger charge is 2.23. The van der Waals surface area contributed by atoms with Crippen LogP contribution in [-0.4, -0.2) is 54.8 Å². The van der Waals surface area contributed by atoms with Crippen molar-refractivity contribution in [3.8, 4) is 22.4 Å². The third-order valence-corrected chi connectivity index (χ3v) is 7.83. The lowest BCUT2D eigenvalue weighted by atomic mass is 9.97. The van der Waals surface area contributed by atoms with Crippen molar-refractivity contribution in [2.45, 2.75) is 32.4 Å². The highest BCUT2D eigenvalue weighted by Crippen LogP contribution is 2.34. The molecule has 0 unspecified atom stereocenters. The molecular weight excluding hydrogens is 538 g/mol. The van der Waals surface area contributed by atoms with E-state index in [1.54, 1.807) is 24.5 Å². The Morgan fingerprint density at radius 2 is 1.72 bits per heavy atom. The van der Waals surface area contributed by atoms with Gasteiger partial charge in [-0.3, -0.25) is 15.2 Å². The van der Waals surface area contributed by atoms with Gasteiger partial charge in [-0.15, -0.1) is 0 Å². The van der Waals surface area contributed by atoms with Crippen LogP contribution in [0.25, 0.3) is 39.1 Å². The summed E-state index contributed by atoms with van der Waals surface area (Å²) in [6, 6.07) is 26.6. The number of hydrogen-bond acceptors (Lipinski definition) is 7. The maximum atomic E-state index is 12.3. The predicted molar refractivity (Wildman–Crippen MR) is 167 cm³/mol. The van der Waals surface area contributed by atoms with Crippen molar-refractivity contribution in [2.75, 3.05) is 18.4 Å². The van der Waals surface area contributed by atoms with E-state index in [-0.39, 0.29) is 6.10 Å². The molecule has 1 fully saturated rings. The number of nitrogens with one attached hydrogen (secondary N) is 1. The molecule has 4 aromatic heterocycles. The standard InChI is InChI=1S/C34H31N7O2/c1-23-19-31-36-21-27-20-30(25-5-3-2-4-6-25)32(38-33(27)41(31)39-23)26-9-7-24(8-10-26)22-40-17-13-29(14-18-40)43-34(42)37-28-11-15-35-16-12-28/h2-12,15-16,19-21,29H,13-14,17-18,22H2,1H3,(H,35,37,42). The third-order valence-electron chi connectivity index (χ3n) is 7.83. The molecule has 6 aromatic rings. The lowest BCUT2D eigenvalue weighted by molar-refractivity contribution is 0.0567. The van der Waals surface area contributed by atoms with Crippen molar-refractivity contribution in [3.63, 3.8) is 0 Å². The molecule has 7 rings (SSSR count). The summed E-state index contributed by atoms with van der Waals surface area (Å²) < 4.78 is 7.48. The topological polar surface area (TPSA) is 97.5 Å². The number of piperidine rings is 1. The molecule has 1 N–H and O–H groups in total. The largest absolute Gasteiger partial charge is 0.446 e. The number of likely N-dealkylation sites (tertiary alicyclic amines) is 1. The molecule has 5 heterocycles. The fourth-order valence-corrected chi connectivity index (χ4v) is 5.66.